The van der Waals surface area contributed by atoms with Gasteiger partial charge >= 0.3 is 0 Å². The van der Waals surface area contributed by atoms with Crippen LogP contribution in [-0.2, 0) is 0 Å². The Balaban J connectivity index is 2.69. The predicted octanol–water partition coefficient (Wildman–Crippen LogP) is 2.26. The van der Waals surface area contributed by atoms with Crippen molar-refractivity contribution in [3.05, 3.63) is 24.0 Å². The molecule has 2 nitrogen and oxygen atoms in total. The molecule has 0 radical (unpaired) electrons. The van der Waals surface area contributed by atoms with Gasteiger partial charge in [-0.15, -0.1) is 0 Å². The Labute approximate surface area is 48.6 Å². The van der Waals surface area contributed by atoms with Crippen molar-refractivity contribution < 1.29 is 0 Å². The Morgan fingerprint density at radius 2 is 2.38 bits per heavy atom. The summed E-state index contributed by atoms with van der Waals surface area (Å²) in [5, 5.41) is 7.42. The fraction of sp³-hybridized carbons (Fsp3) is 0.333. The number of allylic oxidation sites excluding steroid dienone is 2. The Bertz CT molecular complexity index is 154. The molecule has 0 bridgehead atoms. The van der Waals surface area contributed by atoms with E-state index in [0.29, 0.717) is 0 Å². The molecule has 0 saturated heterocycles. The maximum Gasteiger partial charge on any atom is 0.0487 e. The van der Waals surface area contributed by atoms with E-state index >= 15 is 0 Å². The fourth-order valence-corrected chi connectivity index (χ4v) is 0.509. The summed E-state index contributed by atoms with van der Waals surface area (Å²) >= 11 is 0. The standard InChI is InChI=1S/C6H8N2/c1-6-3-2-4-7-8-5-6/h2,4-5H,3H2,1H3. The van der Waals surface area contributed by atoms with Gasteiger partial charge in [0.2, 0.25) is 0 Å². The number of rotatable bonds is 0. The van der Waals surface area contributed by atoms with Crippen LogP contribution < -0.4 is 0 Å². The van der Waals surface area contributed by atoms with E-state index in [9.17, 15) is 0 Å². The van der Waals surface area contributed by atoms with Crippen LogP contribution in [-0.4, -0.2) is 0 Å². The third-order valence-corrected chi connectivity index (χ3v) is 0.957. The summed E-state index contributed by atoms with van der Waals surface area (Å²) in [6.07, 6.45) is 6.46. The van der Waals surface area contributed by atoms with Gasteiger partial charge in [-0.2, -0.15) is 10.2 Å². The second kappa shape index (κ2) is 2.40. The van der Waals surface area contributed by atoms with Crippen LogP contribution in [0.1, 0.15) is 13.3 Å². The van der Waals surface area contributed by atoms with Crippen LogP contribution >= 0.6 is 0 Å². The quantitative estimate of drug-likeness (QED) is 0.454. The van der Waals surface area contributed by atoms with Gasteiger partial charge in [0.1, 0.15) is 0 Å². The predicted molar refractivity (Wildman–Crippen MR) is 32.4 cm³/mol. The van der Waals surface area contributed by atoms with Gasteiger partial charge in [0.15, 0.2) is 0 Å². The zero-order valence-electron chi connectivity index (χ0n) is 4.83. The van der Waals surface area contributed by atoms with E-state index in [2.05, 4.69) is 10.2 Å². The first-order valence-corrected chi connectivity index (χ1v) is 2.60. The molecule has 1 aliphatic heterocycles. The molecule has 0 saturated carbocycles. The van der Waals surface area contributed by atoms with Crippen LogP contribution in [0.4, 0.5) is 0 Å². The second-order valence-electron chi connectivity index (χ2n) is 1.80. The van der Waals surface area contributed by atoms with Gasteiger partial charge in [-0.05, 0) is 18.9 Å². The van der Waals surface area contributed by atoms with Crippen molar-refractivity contribution >= 4 is 0 Å². The molecule has 0 aromatic rings. The fourth-order valence-electron chi connectivity index (χ4n) is 0.509. The molecule has 42 valence electrons. The van der Waals surface area contributed by atoms with Crippen molar-refractivity contribution in [3.63, 3.8) is 0 Å². The van der Waals surface area contributed by atoms with Gasteiger partial charge in [-0.3, -0.25) is 0 Å². The van der Waals surface area contributed by atoms with E-state index in [0.717, 1.165) is 6.42 Å². The van der Waals surface area contributed by atoms with E-state index in [4.69, 9.17) is 0 Å². The Hall–Kier alpha value is -0.920. The number of nitrogens with zero attached hydrogens (tertiary/aromatic N) is 2. The highest BCUT2D eigenvalue weighted by atomic mass is 15.1. The van der Waals surface area contributed by atoms with E-state index in [1.165, 1.54) is 5.57 Å². The number of hydrogen-bond acceptors (Lipinski definition) is 2. The van der Waals surface area contributed by atoms with E-state index < -0.39 is 0 Å². The molecule has 0 N–H and O–H groups in total. The maximum atomic E-state index is 3.73. The lowest BCUT2D eigenvalue weighted by Crippen LogP contribution is -1.66. The Kier molecular flexibility index (Phi) is 1.57. The van der Waals surface area contributed by atoms with Crippen molar-refractivity contribution in [2.45, 2.75) is 13.3 Å². The molecule has 0 spiro atoms. The van der Waals surface area contributed by atoms with Gasteiger partial charge in [0, 0.05) is 12.4 Å². The van der Waals surface area contributed by atoms with Crippen LogP contribution in [0.15, 0.2) is 34.3 Å². The van der Waals surface area contributed by atoms with E-state index in [-0.39, 0.29) is 0 Å². The summed E-state index contributed by atoms with van der Waals surface area (Å²) in [6.45, 7) is 2.04. The third-order valence-electron chi connectivity index (χ3n) is 0.957. The molecule has 0 amide bonds. The maximum absolute atomic E-state index is 3.73. The summed E-state index contributed by atoms with van der Waals surface area (Å²) in [5.74, 6) is 0. The average molecular weight is 108 g/mol. The van der Waals surface area contributed by atoms with Crippen LogP contribution in [0, 0.1) is 0 Å². The van der Waals surface area contributed by atoms with Gasteiger partial charge in [0.05, 0.1) is 0 Å². The highest BCUT2D eigenvalue weighted by Gasteiger charge is 1.84. The third kappa shape index (κ3) is 1.30. The second-order valence-corrected chi connectivity index (χ2v) is 1.80. The summed E-state index contributed by atoms with van der Waals surface area (Å²) in [5.41, 5.74) is 1.25. The SMILES string of the molecule is CC1=CN=NC=CC1. The molecule has 0 aliphatic carbocycles. The largest absolute Gasteiger partial charge is 0.160 e. The molecule has 0 fully saturated rings. The van der Waals surface area contributed by atoms with Crippen molar-refractivity contribution in [1.29, 1.82) is 0 Å². The smallest absolute Gasteiger partial charge is 0.0487 e. The summed E-state index contributed by atoms with van der Waals surface area (Å²) < 4.78 is 0. The van der Waals surface area contributed by atoms with Crippen LogP contribution in [0.25, 0.3) is 0 Å². The minimum atomic E-state index is 0.979. The highest BCUT2D eigenvalue weighted by Crippen LogP contribution is 2.04. The molecule has 0 unspecified atom stereocenters. The van der Waals surface area contributed by atoms with Crippen molar-refractivity contribution in [3.8, 4) is 0 Å². The highest BCUT2D eigenvalue weighted by molar-refractivity contribution is 5.04. The minimum absolute atomic E-state index is 0.979. The average Bonchev–Trinajstić information content (AvgIpc) is 1.94. The zero-order chi connectivity index (χ0) is 5.82. The van der Waals surface area contributed by atoms with Crippen molar-refractivity contribution in [1.82, 2.24) is 0 Å². The van der Waals surface area contributed by atoms with Crippen molar-refractivity contribution in [2.24, 2.45) is 10.2 Å². The topological polar surface area (TPSA) is 24.7 Å². The molecule has 0 aromatic heterocycles. The van der Waals surface area contributed by atoms with Crippen molar-refractivity contribution in [2.75, 3.05) is 0 Å². The Morgan fingerprint density at radius 3 is 3.25 bits per heavy atom. The lowest BCUT2D eigenvalue weighted by atomic mass is 10.2. The first-order chi connectivity index (χ1) is 3.89. The van der Waals surface area contributed by atoms with E-state index in [1.54, 1.807) is 12.4 Å². The van der Waals surface area contributed by atoms with Crippen LogP contribution in [0.2, 0.25) is 0 Å². The molecule has 1 heterocycles. The lowest BCUT2D eigenvalue weighted by Gasteiger charge is -1.84. The van der Waals surface area contributed by atoms with Crippen LogP contribution in [0.3, 0.4) is 0 Å². The molecule has 1 aliphatic rings. The first-order valence-electron chi connectivity index (χ1n) is 2.60. The Morgan fingerprint density at radius 1 is 1.50 bits per heavy atom. The molecular formula is C6H8N2. The molecule has 0 atom stereocenters. The molecule has 2 heteroatoms. The molecule has 0 aromatic carbocycles. The molecule has 8 heavy (non-hydrogen) atoms. The normalized spacial score (nSPS) is 17.9. The number of azo groups is 1. The zero-order valence-corrected chi connectivity index (χ0v) is 4.83. The molecule has 1 rings (SSSR count). The first kappa shape index (κ1) is 5.22. The van der Waals surface area contributed by atoms with Gasteiger partial charge in [0.25, 0.3) is 0 Å². The summed E-state index contributed by atoms with van der Waals surface area (Å²) in [7, 11) is 0. The summed E-state index contributed by atoms with van der Waals surface area (Å²) in [6, 6.07) is 0. The minimum Gasteiger partial charge on any atom is -0.160 e. The number of hydrogen-bond donors (Lipinski definition) is 0. The van der Waals surface area contributed by atoms with Crippen LogP contribution in [0.5, 0.6) is 0 Å². The van der Waals surface area contributed by atoms with Gasteiger partial charge in [-0.25, -0.2) is 0 Å². The lowest BCUT2D eigenvalue weighted by molar-refractivity contribution is 1.18. The molecular weight excluding hydrogens is 100 g/mol. The van der Waals surface area contributed by atoms with Gasteiger partial charge < -0.3 is 0 Å². The summed E-state index contributed by atoms with van der Waals surface area (Å²) in [4.78, 5) is 0. The van der Waals surface area contributed by atoms with Gasteiger partial charge in [-0.1, -0.05) is 6.08 Å². The van der Waals surface area contributed by atoms with E-state index in [1.807, 2.05) is 13.0 Å². The monoisotopic (exact) mass is 108 g/mol.